The number of carbonyl (C=O) groups excluding carboxylic acids is 1. The van der Waals surface area contributed by atoms with E-state index in [1.54, 1.807) is 30.6 Å². The van der Waals surface area contributed by atoms with Crippen LogP contribution in [0.25, 0.3) is 0 Å². The molecule has 3 rings (SSSR count). The summed E-state index contributed by atoms with van der Waals surface area (Å²) >= 11 is 5.87. The molecule has 2 heterocycles. The number of hydrogen-bond donors (Lipinski definition) is 0. The zero-order valence-corrected chi connectivity index (χ0v) is 13.4. The number of aromatic nitrogens is 2. The highest BCUT2D eigenvalue weighted by Crippen LogP contribution is 2.17. The molecule has 6 heteroatoms. The lowest BCUT2D eigenvalue weighted by Gasteiger charge is -2.32. The summed E-state index contributed by atoms with van der Waals surface area (Å²) in [6, 6.07) is 9.49. The minimum atomic E-state index is -0.0553. The van der Waals surface area contributed by atoms with Crippen molar-refractivity contribution in [2.45, 2.75) is 25.4 Å². The standard InChI is InChI=1S/C17H18ClN3O2/c18-14-6-4-13(5-7-14)11-16(22)21-10-1-3-15(12-21)23-17-19-8-2-9-20-17/h2,4-9,15H,1,3,10-12H2. The Labute approximate surface area is 140 Å². The van der Waals surface area contributed by atoms with Gasteiger partial charge in [-0.2, -0.15) is 0 Å². The maximum atomic E-state index is 12.5. The Hall–Kier alpha value is -2.14. The Morgan fingerprint density at radius 3 is 2.74 bits per heavy atom. The molecule has 1 fully saturated rings. The van der Waals surface area contributed by atoms with Gasteiger partial charge in [0.05, 0.1) is 13.0 Å². The lowest BCUT2D eigenvalue weighted by Crippen LogP contribution is -2.45. The van der Waals surface area contributed by atoms with E-state index in [1.165, 1.54) is 0 Å². The highest BCUT2D eigenvalue weighted by atomic mass is 35.5. The largest absolute Gasteiger partial charge is 0.458 e. The topological polar surface area (TPSA) is 55.3 Å². The van der Waals surface area contributed by atoms with Crippen LogP contribution in [0.1, 0.15) is 18.4 Å². The molecule has 120 valence electrons. The fourth-order valence-electron chi connectivity index (χ4n) is 2.64. The average molecular weight is 332 g/mol. The molecule has 1 atom stereocenters. The van der Waals surface area contributed by atoms with Crippen LogP contribution in [0.4, 0.5) is 0 Å². The molecule has 23 heavy (non-hydrogen) atoms. The quantitative estimate of drug-likeness (QED) is 0.864. The maximum Gasteiger partial charge on any atom is 0.316 e. The van der Waals surface area contributed by atoms with Crippen molar-refractivity contribution in [2.24, 2.45) is 0 Å². The maximum absolute atomic E-state index is 12.5. The highest BCUT2D eigenvalue weighted by Gasteiger charge is 2.25. The highest BCUT2D eigenvalue weighted by molar-refractivity contribution is 6.30. The van der Waals surface area contributed by atoms with Crippen molar-refractivity contribution >= 4 is 17.5 Å². The van der Waals surface area contributed by atoms with Gasteiger partial charge in [-0.3, -0.25) is 4.79 Å². The summed E-state index contributed by atoms with van der Waals surface area (Å²) in [4.78, 5) is 22.4. The van der Waals surface area contributed by atoms with E-state index in [0.717, 1.165) is 24.9 Å². The number of piperidine rings is 1. The van der Waals surface area contributed by atoms with Gasteiger partial charge in [0.15, 0.2) is 0 Å². The smallest absolute Gasteiger partial charge is 0.316 e. The van der Waals surface area contributed by atoms with Gasteiger partial charge in [0.2, 0.25) is 5.91 Å². The molecule has 2 aromatic rings. The summed E-state index contributed by atoms with van der Waals surface area (Å²) in [5.41, 5.74) is 0.967. The van der Waals surface area contributed by atoms with E-state index in [0.29, 0.717) is 24.0 Å². The third-order valence-corrected chi connectivity index (χ3v) is 4.07. The van der Waals surface area contributed by atoms with Crippen LogP contribution in [0.3, 0.4) is 0 Å². The minimum Gasteiger partial charge on any atom is -0.458 e. The lowest BCUT2D eigenvalue weighted by molar-refractivity contribution is -0.133. The second-order valence-electron chi connectivity index (χ2n) is 5.56. The SMILES string of the molecule is O=C(Cc1ccc(Cl)cc1)N1CCCC(Oc2ncccn2)C1. The molecule has 0 bridgehead atoms. The van der Waals surface area contributed by atoms with Crippen molar-refractivity contribution in [3.05, 3.63) is 53.3 Å². The van der Waals surface area contributed by atoms with E-state index >= 15 is 0 Å². The fourth-order valence-corrected chi connectivity index (χ4v) is 2.77. The predicted molar refractivity (Wildman–Crippen MR) is 87.4 cm³/mol. The molecule has 1 unspecified atom stereocenters. The normalized spacial score (nSPS) is 17.8. The monoisotopic (exact) mass is 331 g/mol. The van der Waals surface area contributed by atoms with Crippen molar-refractivity contribution in [1.82, 2.24) is 14.9 Å². The van der Waals surface area contributed by atoms with Crippen LogP contribution < -0.4 is 4.74 Å². The van der Waals surface area contributed by atoms with Gasteiger partial charge in [0.1, 0.15) is 6.10 Å². The van der Waals surface area contributed by atoms with Crippen molar-refractivity contribution in [3.8, 4) is 6.01 Å². The van der Waals surface area contributed by atoms with Gasteiger partial charge in [-0.25, -0.2) is 9.97 Å². The average Bonchev–Trinajstić information content (AvgIpc) is 2.58. The van der Waals surface area contributed by atoms with Crippen molar-refractivity contribution in [3.63, 3.8) is 0 Å². The van der Waals surface area contributed by atoms with Crippen LogP contribution in [0.2, 0.25) is 5.02 Å². The molecule has 0 radical (unpaired) electrons. The number of ether oxygens (including phenoxy) is 1. The summed E-state index contributed by atoms with van der Waals surface area (Å²) in [5, 5.41) is 0.676. The number of halogens is 1. The van der Waals surface area contributed by atoms with E-state index < -0.39 is 0 Å². The van der Waals surface area contributed by atoms with Crippen molar-refractivity contribution in [1.29, 1.82) is 0 Å². The Morgan fingerprint density at radius 2 is 2.00 bits per heavy atom. The van der Waals surface area contributed by atoms with Gasteiger partial charge in [-0.05, 0) is 36.6 Å². The van der Waals surface area contributed by atoms with Crippen LogP contribution in [-0.4, -0.2) is 40.0 Å². The molecule has 1 aliphatic heterocycles. The third-order valence-electron chi connectivity index (χ3n) is 3.81. The molecule has 0 aliphatic carbocycles. The predicted octanol–water partition coefficient (Wildman–Crippen LogP) is 2.74. The molecule has 1 saturated heterocycles. The van der Waals surface area contributed by atoms with Gasteiger partial charge in [-0.1, -0.05) is 23.7 Å². The van der Waals surface area contributed by atoms with E-state index in [2.05, 4.69) is 9.97 Å². The van der Waals surface area contributed by atoms with Crippen LogP contribution in [-0.2, 0) is 11.2 Å². The first-order valence-corrected chi connectivity index (χ1v) is 8.04. The van der Waals surface area contributed by atoms with E-state index in [1.807, 2.05) is 17.0 Å². The van der Waals surface area contributed by atoms with Gasteiger partial charge in [-0.15, -0.1) is 0 Å². The molecular formula is C17H18ClN3O2. The van der Waals surface area contributed by atoms with Gasteiger partial charge >= 0.3 is 6.01 Å². The molecule has 1 amide bonds. The van der Waals surface area contributed by atoms with Crippen LogP contribution in [0, 0.1) is 0 Å². The van der Waals surface area contributed by atoms with Crippen molar-refractivity contribution in [2.75, 3.05) is 13.1 Å². The second kappa shape index (κ2) is 7.42. The zero-order valence-electron chi connectivity index (χ0n) is 12.7. The summed E-state index contributed by atoms with van der Waals surface area (Å²) in [5.74, 6) is 0.106. The number of amides is 1. The Bertz CT molecular complexity index is 649. The fraction of sp³-hybridized carbons (Fsp3) is 0.353. The first kappa shape index (κ1) is 15.7. The summed E-state index contributed by atoms with van der Waals surface area (Å²) < 4.78 is 5.77. The lowest BCUT2D eigenvalue weighted by atomic mass is 10.1. The zero-order chi connectivity index (χ0) is 16.1. The summed E-state index contributed by atoms with van der Waals surface area (Å²) in [7, 11) is 0. The van der Waals surface area contributed by atoms with Gasteiger partial charge in [0.25, 0.3) is 0 Å². The number of hydrogen-bond acceptors (Lipinski definition) is 4. The van der Waals surface area contributed by atoms with Gasteiger partial charge in [0, 0.05) is 24.0 Å². The van der Waals surface area contributed by atoms with Crippen LogP contribution in [0.15, 0.2) is 42.7 Å². The second-order valence-corrected chi connectivity index (χ2v) is 5.99. The Morgan fingerprint density at radius 1 is 1.26 bits per heavy atom. The summed E-state index contributed by atoms with van der Waals surface area (Å²) in [6.45, 7) is 1.34. The Kier molecular flexibility index (Phi) is 5.08. The third kappa shape index (κ3) is 4.42. The first-order chi connectivity index (χ1) is 11.2. The first-order valence-electron chi connectivity index (χ1n) is 7.66. The minimum absolute atomic E-state index is 0.0553. The molecule has 0 saturated carbocycles. The molecule has 1 aromatic carbocycles. The molecule has 0 spiro atoms. The van der Waals surface area contributed by atoms with Crippen LogP contribution in [0.5, 0.6) is 6.01 Å². The number of nitrogens with zero attached hydrogens (tertiary/aromatic N) is 3. The van der Waals surface area contributed by atoms with E-state index in [4.69, 9.17) is 16.3 Å². The van der Waals surface area contributed by atoms with E-state index in [9.17, 15) is 4.79 Å². The van der Waals surface area contributed by atoms with E-state index in [-0.39, 0.29) is 12.0 Å². The molecule has 0 N–H and O–H groups in total. The Balaban J connectivity index is 1.57. The number of rotatable bonds is 4. The van der Waals surface area contributed by atoms with Gasteiger partial charge < -0.3 is 9.64 Å². The molecule has 1 aliphatic rings. The van der Waals surface area contributed by atoms with Crippen LogP contribution >= 0.6 is 11.6 Å². The molecule has 1 aromatic heterocycles. The van der Waals surface area contributed by atoms with Crippen molar-refractivity contribution < 1.29 is 9.53 Å². The number of benzene rings is 1. The molecular weight excluding hydrogens is 314 g/mol. The summed E-state index contributed by atoms with van der Waals surface area (Å²) in [6.07, 6.45) is 5.45. The number of carbonyl (C=O) groups is 1. The molecule has 5 nitrogen and oxygen atoms in total. The number of likely N-dealkylation sites (tertiary alicyclic amines) is 1.